The molecule has 0 saturated heterocycles. The summed E-state index contributed by atoms with van der Waals surface area (Å²) in [4.78, 5) is 17.0. The molecular weight excluding hydrogens is 398 g/mol. The average Bonchev–Trinajstić information content (AvgIpc) is 3.28. The second-order valence-electron chi connectivity index (χ2n) is 8.98. The van der Waals surface area contributed by atoms with Crippen molar-refractivity contribution in [3.8, 4) is 0 Å². The summed E-state index contributed by atoms with van der Waals surface area (Å²) in [6.07, 6.45) is 4.68. The molecule has 2 aliphatic carbocycles. The van der Waals surface area contributed by atoms with Gasteiger partial charge >= 0.3 is 0 Å². The molecule has 2 aliphatic rings. The molecule has 7 heteroatoms. The lowest BCUT2D eigenvalue weighted by atomic mass is 9.77. The van der Waals surface area contributed by atoms with E-state index in [0.717, 1.165) is 25.7 Å². The molecule has 1 aromatic heterocycles. The van der Waals surface area contributed by atoms with E-state index >= 15 is 0 Å². The van der Waals surface area contributed by atoms with Crippen LogP contribution >= 0.6 is 11.6 Å². The molecule has 2 N–H and O–H groups in total. The predicted molar refractivity (Wildman–Crippen MR) is 109 cm³/mol. The standard InChI is InChI=1S/C22H25ClF2N2O2/c1-21(2,29)14-3-5-15(6-4-14)27-20(28)13-7-12-8-18(23)16(9-19(12)26-11-13)17-10-22(17,24)25/h7-9,11,14-15,17,29H,3-6,10H2,1-2H3,(H,27,28)/t14-,15-,17?. The summed E-state index contributed by atoms with van der Waals surface area (Å²) in [5, 5.41) is 14.1. The lowest BCUT2D eigenvalue weighted by Crippen LogP contribution is -2.41. The van der Waals surface area contributed by atoms with Gasteiger partial charge < -0.3 is 10.4 Å². The summed E-state index contributed by atoms with van der Waals surface area (Å²) in [5.41, 5.74) is 0.689. The van der Waals surface area contributed by atoms with Crippen LogP contribution in [0.3, 0.4) is 0 Å². The Labute approximate surface area is 173 Å². The Morgan fingerprint density at radius 1 is 1.24 bits per heavy atom. The van der Waals surface area contributed by atoms with Crippen molar-refractivity contribution in [3.05, 3.63) is 40.5 Å². The van der Waals surface area contributed by atoms with Crippen molar-refractivity contribution >= 4 is 28.4 Å². The normalized spacial score (nSPS) is 26.3. The van der Waals surface area contributed by atoms with Crippen molar-refractivity contribution in [1.82, 2.24) is 10.3 Å². The first kappa shape index (κ1) is 20.5. The Morgan fingerprint density at radius 2 is 1.90 bits per heavy atom. The van der Waals surface area contributed by atoms with Crippen LogP contribution in [0.1, 0.15) is 67.8 Å². The van der Waals surface area contributed by atoms with Crippen LogP contribution in [-0.4, -0.2) is 33.6 Å². The smallest absolute Gasteiger partial charge is 0.255 e. The van der Waals surface area contributed by atoms with Gasteiger partial charge in [-0.3, -0.25) is 9.78 Å². The first-order valence-corrected chi connectivity index (χ1v) is 10.4. The highest BCUT2D eigenvalue weighted by Gasteiger charge is 2.58. The molecule has 0 radical (unpaired) electrons. The van der Waals surface area contributed by atoms with Gasteiger partial charge in [0.05, 0.1) is 22.6 Å². The van der Waals surface area contributed by atoms with Crippen molar-refractivity contribution in [2.45, 2.75) is 69.4 Å². The van der Waals surface area contributed by atoms with Gasteiger partial charge in [0.15, 0.2) is 0 Å². The van der Waals surface area contributed by atoms with Gasteiger partial charge in [0.1, 0.15) is 0 Å². The maximum Gasteiger partial charge on any atom is 0.255 e. The number of rotatable bonds is 4. The average molecular weight is 423 g/mol. The van der Waals surface area contributed by atoms with Gasteiger partial charge in [-0.05, 0) is 69.2 Å². The van der Waals surface area contributed by atoms with Gasteiger partial charge in [-0.25, -0.2) is 8.78 Å². The number of hydrogen-bond acceptors (Lipinski definition) is 3. The maximum absolute atomic E-state index is 13.4. The first-order chi connectivity index (χ1) is 13.5. The van der Waals surface area contributed by atoms with Crippen molar-refractivity contribution in [2.24, 2.45) is 5.92 Å². The van der Waals surface area contributed by atoms with Crippen LogP contribution in [0.5, 0.6) is 0 Å². The third-order valence-electron chi connectivity index (χ3n) is 6.32. The molecule has 2 saturated carbocycles. The molecule has 156 valence electrons. The number of nitrogens with one attached hydrogen (secondary N) is 1. The van der Waals surface area contributed by atoms with Crippen molar-refractivity contribution in [1.29, 1.82) is 0 Å². The number of carbonyl (C=O) groups is 1. The molecule has 2 fully saturated rings. The van der Waals surface area contributed by atoms with Crippen LogP contribution in [0.4, 0.5) is 8.78 Å². The van der Waals surface area contributed by atoms with Crippen molar-refractivity contribution < 1.29 is 18.7 Å². The summed E-state index contributed by atoms with van der Waals surface area (Å²) in [6.45, 7) is 3.66. The molecule has 1 aromatic carbocycles. The lowest BCUT2D eigenvalue weighted by Gasteiger charge is -2.36. The highest BCUT2D eigenvalue weighted by atomic mass is 35.5. The van der Waals surface area contributed by atoms with Crippen LogP contribution in [0.2, 0.25) is 5.02 Å². The first-order valence-electron chi connectivity index (χ1n) is 10.0. The number of alkyl halides is 2. The second kappa shape index (κ2) is 7.17. The fourth-order valence-corrected chi connectivity index (χ4v) is 4.62. The highest BCUT2D eigenvalue weighted by molar-refractivity contribution is 6.32. The lowest BCUT2D eigenvalue weighted by molar-refractivity contribution is -0.00257. The molecular formula is C22H25ClF2N2O2. The summed E-state index contributed by atoms with van der Waals surface area (Å²) >= 11 is 6.22. The molecule has 0 bridgehead atoms. The van der Waals surface area contributed by atoms with E-state index in [2.05, 4.69) is 10.3 Å². The van der Waals surface area contributed by atoms with E-state index in [1.165, 1.54) is 6.20 Å². The zero-order chi connectivity index (χ0) is 21.0. The zero-order valence-corrected chi connectivity index (χ0v) is 17.3. The monoisotopic (exact) mass is 422 g/mol. The minimum atomic E-state index is -2.69. The van der Waals surface area contributed by atoms with E-state index in [9.17, 15) is 18.7 Å². The largest absolute Gasteiger partial charge is 0.390 e. The minimum Gasteiger partial charge on any atom is -0.390 e. The highest BCUT2D eigenvalue weighted by Crippen LogP contribution is 2.57. The summed E-state index contributed by atoms with van der Waals surface area (Å²) < 4.78 is 26.8. The number of amides is 1. The van der Waals surface area contributed by atoms with Crippen LogP contribution in [0.25, 0.3) is 10.9 Å². The SMILES string of the molecule is CC(C)(O)[C@H]1CC[C@H](NC(=O)c2cnc3cc(C4CC4(F)F)c(Cl)cc3c2)CC1. The van der Waals surface area contributed by atoms with E-state index in [1.807, 2.05) is 13.8 Å². The van der Waals surface area contributed by atoms with E-state index in [-0.39, 0.29) is 29.3 Å². The number of halogens is 3. The molecule has 2 aromatic rings. The molecule has 1 amide bonds. The Bertz CT molecular complexity index is 950. The van der Waals surface area contributed by atoms with Gasteiger partial charge in [-0.2, -0.15) is 0 Å². The molecule has 29 heavy (non-hydrogen) atoms. The molecule has 0 aliphatic heterocycles. The van der Waals surface area contributed by atoms with Gasteiger partial charge in [0.25, 0.3) is 11.8 Å². The summed E-state index contributed by atoms with van der Waals surface area (Å²) in [5.74, 6) is -3.50. The zero-order valence-electron chi connectivity index (χ0n) is 16.5. The molecule has 4 rings (SSSR count). The molecule has 1 unspecified atom stereocenters. The second-order valence-corrected chi connectivity index (χ2v) is 9.39. The third kappa shape index (κ3) is 4.24. The number of aromatic nitrogens is 1. The van der Waals surface area contributed by atoms with Gasteiger partial charge in [0, 0.05) is 29.1 Å². The van der Waals surface area contributed by atoms with Gasteiger partial charge in [-0.1, -0.05) is 11.6 Å². The topological polar surface area (TPSA) is 62.2 Å². The van der Waals surface area contributed by atoms with Crippen LogP contribution < -0.4 is 5.32 Å². The number of fused-ring (bicyclic) bond motifs is 1. The van der Waals surface area contributed by atoms with E-state index in [4.69, 9.17) is 11.6 Å². The molecule has 1 atom stereocenters. The van der Waals surface area contributed by atoms with Crippen molar-refractivity contribution in [2.75, 3.05) is 0 Å². The van der Waals surface area contributed by atoms with Crippen LogP contribution in [0, 0.1) is 5.92 Å². The van der Waals surface area contributed by atoms with Gasteiger partial charge in [-0.15, -0.1) is 0 Å². The maximum atomic E-state index is 13.4. The fraction of sp³-hybridized carbons (Fsp3) is 0.545. The minimum absolute atomic E-state index is 0.0693. The quantitative estimate of drug-likeness (QED) is 0.723. The molecule has 4 nitrogen and oxygen atoms in total. The fourth-order valence-electron chi connectivity index (χ4n) is 4.32. The number of hydrogen-bond donors (Lipinski definition) is 2. The van der Waals surface area contributed by atoms with E-state index in [1.54, 1.807) is 18.2 Å². The number of nitrogens with zero attached hydrogens (tertiary/aromatic N) is 1. The van der Waals surface area contributed by atoms with Crippen LogP contribution in [0.15, 0.2) is 24.4 Å². The Balaban J connectivity index is 1.45. The van der Waals surface area contributed by atoms with E-state index in [0.29, 0.717) is 22.0 Å². The van der Waals surface area contributed by atoms with Crippen LogP contribution in [-0.2, 0) is 0 Å². The number of pyridine rings is 1. The summed E-state index contributed by atoms with van der Waals surface area (Å²) in [7, 11) is 0. The number of aliphatic hydroxyl groups is 1. The number of carbonyl (C=O) groups excluding carboxylic acids is 1. The number of benzene rings is 1. The van der Waals surface area contributed by atoms with Crippen molar-refractivity contribution in [3.63, 3.8) is 0 Å². The Morgan fingerprint density at radius 3 is 2.48 bits per heavy atom. The van der Waals surface area contributed by atoms with Gasteiger partial charge in [0.2, 0.25) is 0 Å². The predicted octanol–water partition coefficient (Wildman–Crippen LogP) is 5.07. The van der Waals surface area contributed by atoms with E-state index < -0.39 is 17.4 Å². The Hall–Kier alpha value is -1.79. The Kier molecular flexibility index (Phi) is 5.06. The molecule has 1 heterocycles. The summed E-state index contributed by atoms with van der Waals surface area (Å²) in [6, 6.07) is 4.97. The third-order valence-corrected chi connectivity index (χ3v) is 6.65. The molecule has 0 spiro atoms.